The smallest absolute Gasteiger partial charge is 0.303 e. The second-order valence-corrected chi connectivity index (χ2v) is 12.5. The maximum atomic E-state index is 12.3. The van der Waals surface area contributed by atoms with Gasteiger partial charge in [-0.3, -0.25) is 14.5 Å². The largest absolute Gasteiger partial charge is 0.481 e. The molecule has 9 heteroatoms. The number of amides is 1. The summed E-state index contributed by atoms with van der Waals surface area (Å²) in [6.45, 7) is 2.70. The van der Waals surface area contributed by atoms with Crippen molar-refractivity contribution in [1.82, 2.24) is 10.2 Å². The number of carboxylic acids is 1. The number of hydrogen-bond donors (Lipinski definition) is 4. The average molecular weight is 631 g/mol. The number of nitrogens with zero attached hydrogens (tertiary/aromatic N) is 1. The third kappa shape index (κ3) is 9.95. The summed E-state index contributed by atoms with van der Waals surface area (Å²) in [5.41, 5.74) is 5.95. The summed E-state index contributed by atoms with van der Waals surface area (Å²) in [7, 11) is 0. The van der Waals surface area contributed by atoms with Crippen LogP contribution in [0.25, 0.3) is 11.1 Å². The fourth-order valence-electron chi connectivity index (χ4n) is 6.20. The molecule has 2 aliphatic heterocycles. The van der Waals surface area contributed by atoms with Crippen LogP contribution in [0.2, 0.25) is 0 Å². The molecule has 1 amide bonds. The number of carbonyl (C=O) groups is 2. The van der Waals surface area contributed by atoms with Gasteiger partial charge in [0.1, 0.15) is 0 Å². The molecule has 0 unspecified atom stereocenters. The number of carbonyl (C=O) groups excluding carboxylic acids is 1. The number of benzene rings is 3. The summed E-state index contributed by atoms with van der Waals surface area (Å²) in [4.78, 5) is 25.2. The van der Waals surface area contributed by atoms with E-state index in [4.69, 9.17) is 14.6 Å². The van der Waals surface area contributed by atoms with Gasteiger partial charge in [0, 0.05) is 51.0 Å². The Labute approximate surface area is 271 Å². The molecule has 2 fully saturated rings. The third-order valence-corrected chi connectivity index (χ3v) is 8.80. The maximum absolute atomic E-state index is 12.3. The number of carboxylic acid groups (broad SMARTS) is 1. The average Bonchev–Trinajstić information content (AvgIpc) is 3.49. The highest BCUT2D eigenvalue weighted by molar-refractivity contribution is 5.76. The number of aliphatic hydroxyl groups is 2. The second-order valence-electron chi connectivity index (χ2n) is 12.5. The van der Waals surface area contributed by atoms with Crippen LogP contribution in [0.1, 0.15) is 86.0 Å². The van der Waals surface area contributed by atoms with Gasteiger partial charge in [0.25, 0.3) is 0 Å². The first-order valence-corrected chi connectivity index (χ1v) is 16.4. The minimum atomic E-state index is -0.775. The molecule has 0 aliphatic carbocycles. The van der Waals surface area contributed by atoms with E-state index in [0.717, 1.165) is 72.2 Å². The van der Waals surface area contributed by atoms with E-state index in [9.17, 15) is 19.8 Å². The van der Waals surface area contributed by atoms with Crippen molar-refractivity contribution in [3.05, 3.63) is 95.1 Å². The molecule has 3 aromatic carbocycles. The number of rotatable bonds is 15. The molecule has 0 aromatic heterocycles. The van der Waals surface area contributed by atoms with Crippen molar-refractivity contribution in [2.45, 2.75) is 89.1 Å². The first kappa shape index (κ1) is 33.8. The molecule has 0 bridgehead atoms. The van der Waals surface area contributed by atoms with E-state index < -0.39 is 12.3 Å². The molecule has 4 N–H and O–H groups in total. The van der Waals surface area contributed by atoms with E-state index in [1.54, 1.807) is 0 Å². The van der Waals surface area contributed by atoms with E-state index in [2.05, 4.69) is 34.5 Å². The monoisotopic (exact) mass is 630 g/mol. The molecular formula is C37H46N2O7. The van der Waals surface area contributed by atoms with Gasteiger partial charge in [-0.25, -0.2) is 0 Å². The van der Waals surface area contributed by atoms with Crippen LogP contribution in [0.3, 0.4) is 0 Å². The fourth-order valence-corrected chi connectivity index (χ4v) is 6.20. The van der Waals surface area contributed by atoms with E-state index >= 15 is 0 Å². The molecular weight excluding hydrogens is 584 g/mol. The topological polar surface area (TPSA) is 129 Å². The Bertz CT molecular complexity index is 1410. The van der Waals surface area contributed by atoms with Crippen molar-refractivity contribution in [3.8, 4) is 11.1 Å². The Kier molecular flexibility index (Phi) is 12.3. The Morgan fingerprint density at radius 2 is 1.59 bits per heavy atom. The van der Waals surface area contributed by atoms with E-state index in [-0.39, 0.29) is 37.2 Å². The SMILES string of the molecule is O=C(O)CCCCCCC(=O)NCc1cccc(-c2ccc([C@H]3O[C@@H](CN4CC[C@H](O)C4)C[C@@H](c4ccc(CO)cc4)O3)cc2)c1. The minimum Gasteiger partial charge on any atom is -0.481 e. The van der Waals surface area contributed by atoms with Crippen molar-refractivity contribution in [3.63, 3.8) is 0 Å². The van der Waals surface area contributed by atoms with Crippen LogP contribution >= 0.6 is 0 Å². The number of likely N-dealkylation sites (tertiary alicyclic amines) is 1. The van der Waals surface area contributed by atoms with Crippen LogP contribution in [0.5, 0.6) is 0 Å². The van der Waals surface area contributed by atoms with Gasteiger partial charge in [-0.2, -0.15) is 0 Å². The number of aliphatic hydroxyl groups excluding tert-OH is 2. The molecule has 2 heterocycles. The summed E-state index contributed by atoms with van der Waals surface area (Å²) >= 11 is 0. The van der Waals surface area contributed by atoms with Crippen LogP contribution < -0.4 is 5.32 Å². The Hall–Kier alpha value is -3.60. The van der Waals surface area contributed by atoms with Crippen molar-refractivity contribution in [1.29, 1.82) is 0 Å². The summed E-state index contributed by atoms with van der Waals surface area (Å²) in [5, 5.41) is 31.2. The van der Waals surface area contributed by atoms with Crippen LogP contribution in [-0.2, 0) is 32.2 Å². The van der Waals surface area contributed by atoms with E-state index in [1.165, 1.54) is 0 Å². The van der Waals surface area contributed by atoms with Gasteiger partial charge < -0.3 is 30.1 Å². The highest BCUT2D eigenvalue weighted by atomic mass is 16.7. The number of hydrogen-bond acceptors (Lipinski definition) is 7. The number of aliphatic carboxylic acids is 1. The summed E-state index contributed by atoms with van der Waals surface area (Å²) in [6.07, 6.45) is 4.14. The number of ether oxygens (including phenoxy) is 2. The van der Waals surface area contributed by atoms with Crippen molar-refractivity contribution in [2.75, 3.05) is 19.6 Å². The quantitative estimate of drug-likeness (QED) is 0.162. The zero-order chi connectivity index (χ0) is 32.3. The van der Waals surface area contributed by atoms with Gasteiger partial charge in [-0.1, -0.05) is 79.6 Å². The molecule has 0 radical (unpaired) electrons. The number of β-amino-alcohol motifs (C(OH)–C–C–N with tert-alkyl or cyclic N) is 1. The van der Waals surface area contributed by atoms with Crippen LogP contribution in [0.15, 0.2) is 72.8 Å². The van der Waals surface area contributed by atoms with Crippen molar-refractivity contribution >= 4 is 11.9 Å². The van der Waals surface area contributed by atoms with Gasteiger partial charge in [0.05, 0.1) is 24.9 Å². The normalized spacial score (nSPS) is 21.7. The molecule has 46 heavy (non-hydrogen) atoms. The Morgan fingerprint density at radius 1 is 0.848 bits per heavy atom. The molecule has 0 spiro atoms. The first-order chi connectivity index (χ1) is 22.4. The lowest BCUT2D eigenvalue weighted by molar-refractivity contribution is -0.252. The predicted octanol–water partition coefficient (Wildman–Crippen LogP) is 5.50. The summed E-state index contributed by atoms with van der Waals surface area (Å²) < 4.78 is 13.0. The zero-order valence-electron chi connectivity index (χ0n) is 26.4. The van der Waals surface area contributed by atoms with Crippen LogP contribution in [0.4, 0.5) is 0 Å². The fraction of sp³-hybridized carbons (Fsp3) is 0.459. The molecule has 0 saturated carbocycles. The lowest BCUT2D eigenvalue weighted by atomic mass is 9.99. The molecule has 2 saturated heterocycles. The van der Waals surface area contributed by atoms with E-state index in [0.29, 0.717) is 32.4 Å². The van der Waals surface area contributed by atoms with Crippen molar-refractivity contribution < 1.29 is 34.4 Å². The van der Waals surface area contributed by atoms with Gasteiger partial charge >= 0.3 is 5.97 Å². The van der Waals surface area contributed by atoms with Gasteiger partial charge in [0.2, 0.25) is 5.91 Å². The number of nitrogens with one attached hydrogen (secondary N) is 1. The van der Waals surface area contributed by atoms with Gasteiger partial charge in [-0.05, 0) is 53.1 Å². The van der Waals surface area contributed by atoms with Gasteiger partial charge in [-0.15, -0.1) is 0 Å². The van der Waals surface area contributed by atoms with Crippen LogP contribution in [0, 0.1) is 0 Å². The standard InChI is InChI=1S/C37H46N2O7/c40-25-26-10-12-29(13-11-26)34-21-33(24-39-19-18-32(41)23-39)45-37(46-34)30-16-14-28(15-17-30)31-7-5-6-27(20-31)22-38-35(42)8-3-1-2-4-9-36(43)44/h5-7,10-17,20,32-34,37,40-41H,1-4,8-9,18-19,21-25H2,(H,38,42)(H,43,44)/t32-,33+,34-,37-/m0/s1. The second kappa shape index (κ2) is 16.8. The highest BCUT2D eigenvalue weighted by Gasteiger charge is 2.34. The third-order valence-electron chi connectivity index (χ3n) is 8.80. The molecule has 5 rings (SSSR count). The molecule has 4 atom stereocenters. The molecule has 2 aliphatic rings. The summed E-state index contributed by atoms with van der Waals surface area (Å²) in [6, 6.07) is 24.2. The molecule has 246 valence electrons. The minimum absolute atomic E-state index is 0.000163. The van der Waals surface area contributed by atoms with E-state index in [1.807, 2.05) is 48.5 Å². The molecule has 9 nitrogen and oxygen atoms in total. The lowest BCUT2D eigenvalue weighted by Crippen LogP contribution is -2.38. The maximum Gasteiger partial charge on any atom is 0.303 e. The summed E-state index contributed by atoms with van der Waals surface area (Å²) in [5.74, 6) is -0.772. The zero-order valence-corrected chi connectivity index (χ0v) is 26.4. The highest BCUT2D eigenvalue weighted by Crippen LogP contribution is 2.39. The number of unbranched alkanes of at least 4 members (excludes halogenated alkanes) is 3. The molecule has 3 aromatic rings. The van der Waals surface area contributed by atoms with Crippen molar-refractivity contribution in [2.24, 2.45) is 0 Å². The predicted molar refractivity (Wildman–Crippen MR) is 175 cm³/mol. The first-order valence-electron chi connectivity index (χ1n) is 16.4. The van der Waals surface area contributed by atoms with Crippen LogP contribution in [-0.4, -0.2) is 63.9 Å². The Morgan fingerprint density at radius 3 is 2.28 bits per heavy atom. The van der Waals surface area contributed by atoms with Gasteiger partial charge in [0.15, 0.2) is 6.29 Å². The lowest BCUT2D eigenvalue weighted by Gasteiger charge is -2.37. The Balaban J connectivity index is 1.19.